The number of benzene rings is 3. The molecule has 35 heavy (non-hydrogen) atoms. The van der Waals surface area contributed by atoms with Crippen LogP contribution in [0, 0.1) is 5.82 Å². The Labute approximate surface area is 207 Å². The van der Waals surface area contributed by atoms with Gasteiger partial charge in [-0.25, -0.2) is 9.18 Å². The first kappa shape index (κ1) is 23.2. The van der Waals surface area contributed by atoms with Crippen molar-refractivity contribution in [1.82, 2.24) is 0 Å². The highest BCUT2D eigenvalue weighted by Crippen LogP contribution is 2.38. The molecule has 0 spiro atoms. The number of carboxylic acids is 1. The predicted octanol–water partition coefficient (Wildman–Crippen LogP) is 5.78. The summed E-state index contributed by atoms with van der Waals surface area (Å²) in [6, 6.07) is 21.9. The normalized spacial score (nSPS) is 18.5. The Bertz CT molecular complexity index is 1290. The number of carboxylic acid groups (broad SMARTS) is 1. The number of halogens is 1. The molecular weight excluding hydrogens is 465 g/mol. The molecule has 0 amide bonds. The van der Waals surface area contributed by atoms with Crippen molar-refractivity contribution in [2.24, 2.45) is 4.99 Å². The summed E-state index contributed by atoms with van der Waals surface area (Å²) in [6.07, 6.45) is 2.80. The zero-order valence-corrected chi connectivity index (χ0v) is 19.8. The van der Waals surface area contributed by atoms with Gasteiger partial charge in [-0.3, -0.25) is 4.99 Å². The van der Waals surface area contributed by atoms with Gasteiger partial charge < -0.3 is 14.6 Å². The van der Waals surface area contributed by atoms with Gasteiger partial charge >= 0.3 is 5.97 Å². The minimum absolute atomic E-state index is 0.203. The first-order valence-electron chi connectivity index (χ1n) is 11.3. The number of nitrogens with zero attached hydrogens (tertiary/aromatic N) is 1. The minimum Gasteiger partial charge on any atom is -0.489 e. The molecule has 0 aromatic heterocycles. The average molecular weight is 490 g/mol. The van der Waals surface area contributed by atoms with Crippen molar-refractivity contribution in [3.63, 3.8) is 0 Å². The highest BCUT2D eigenvalue weighted by molar-refractivity contribution is 8.14. The molecule has 3 aromatic rings. The van der Waals surface area contributed by atoms with Crippen molar-refractivity contribution in [2.45, 2.75) is 25.0 Å². The van der Waals surface area contributed by atoms with Gasteiger partial charge in [0.2, 0.25) is 0 Å². The van der Waals surface area contributed by atoms with Crippen LogP contribution >= 0.6 is 11.8 Å². The Morgan fingerprint density at radius 1 is 1.00 bits per heavy atom. The van der Waals surface area contributed by atoms with E-state index in [0.717, 1.165) is 28.0 Å². The molecule has 0 radical (unpaired) electrons. The summed E-state index contributed by atoms with van der Waals surface area (Å²) in [5, 5.41) is 10.6. The Morgan fingerprint density at radius 2 is 1.71 bits per heavy atom. The lowest BCUT2D eigenvalue weighted by atomic mass is 9.92. The van der Waals surface area contributed by atoms with Crippen molar-refractivity contribution in [3.05, 3.63) is 101 Å². The van der Waals surface area contributed by atoms with Crippen LogP contribution in [0.2, 0.25) is 0 Å². The number of thioether (sulfide) groups is 1. The number of rotatable bonds is 9. The van der Waals surface area contributed by atoms with Crippen LogP contribution < -0.4 is 9.47 Å². The smallest absolute Gasteiger partial charge is 0.332 e. The van der Waals surface area contributed by atoms with Gasteiger partial charge in [-0.05, 0) is 59.5 Å². The van der Waals surface area contributed by atoms with E-state index < -0.39 is 11.5 Å². The van der Waals surface area contributed by atoms with E-state index in [0.29, 0.717) is 36.0 Å². The number of ether oxygens (including phenoxy) is 2. The molecule has 5 nitrogen and oxygen atoms in total. The fraction of sp³-hybridized carbons (Fsp3) is 0.214. The molecule has 178 valence electrons. The van der Waals surface area contributed by atoms with Crippen molar-refractivity contribution >= 4 is 28.9 Å². The van der Waals surface area contributed by atoms with E-state index in [-0.39, 0.29) is 12.4 Å². The van der Waals surface area contributed by atoms with Crippen molar-refractivity contribution in [3.8, 4) is 11.5 Å². The summed E-state index contributed by atoms with van der Waals surface area (Å²) in [6.45, 7) is 0.691. The predicted molar refractivity (Wildman–Crippen MR) is 136 cm³/mol. The van der Waals surface area contributed by atoms with Gasteiger partial charge in [0.05, 0.1) is 0 Å². The van der Waals surface area contributed by atoms with Crippen molar-refractivity contribution in [2.75, 3.05) is 12.4 Å². The Morgan fingerprint density at radius 3 is 2.43 bits per heavy atom. The van der Waals surface area contributed by atoms with E-state index in [4.69, 9.17) is 9.47 Å². The van der Waals surface area contributed by atoms with E-state index in [1.807, 2.05) is 60.7 Å². The molecule has 1 N–H and O–H groups in total. The molecule has 0 saturated heterocycles. The van der Waals surface area contributed by atoms with Gasteiger partial charge in [0.1, 0.15) is 35.6 Å². The Kier molecular flexibility index (Phi) is 6.59. The summed E-state index contributed by atoms with van der Waals surface area (Å²) < 4.78 is 25.2. The standard InChI is InChI=1S/C28H24FNO4S/c29-23-7-6-21-12-20(13-22(21)14-23)15-28(27(31)32)18-35-26(30-28)17-34-25-10-8-24(9-11-25)33-16-19-4-2-1-3-5-19/h1-12,14H,13,15-18H2,(H,31,32). The molecule has 0 bridgehead atoms. The quantitative estimate of drug-likeness (QED) is 0.413. The summed E-state index contributed by atoms with van der Waals surface area (Å²) in [7, 11) is 0. The number of carbonyl (C=O) groups is 1. The molecule has 1 atom stereocenters. The second-order valence-corrected chi connectivity index (χ2v) is 9.71. The summed E-state index contributed by atoms with van der Waals surface area (Å²) in [5.41, 5.74) is 2.64. The van der Waals surface area contributed by atoms with Crippen LogP contribution in [-0.2, 0) is 17.8 Å². The first-order valence-corrected chi connectivity index (χ1v) is 12.3. The second kappa shape index (κ2) is 9.96. The highest BCUT2D eigenvalue weighted by atomic mass is 32.2. The van der Waals surface area contributed by atoms with E-state index in [1.54, 1.807) is 6.07 Å². The lowest BCUT2D eigenvalue weighted by molar-refractivity contribution is -0.142. The van der Waals surface area contributed by atoms with Gasteiger partial charge in [-0.15, -0.1) is 11.8 Å². The van der Waals surface area contributed by atoms with Crippen LogP contribution in [0.5, 0.6) is 11.5 Å². The first-order chi connectivity index (χ1) is 17.0. The minimum atomic E-state index is -1.23. The molecule has 3 aromatic carbocycles. The molecule has 7 heteroatoms. The molecular formula is C28H24FNO4S. The van der Waals surface area contributed by atoms with Crippen LogP contribution in [-0.4, -0.2) is 34.0 Å². The summed E-state index contributed by atoms with van der Waals surface area (Å²) >= 11 is 1.41. The Hall–Kier alpha value is -3.58. The molecule has 1 aliphatic heterocycles. The van der Waals surface area contributed by atoms with Crippen molar-refractivity contribution in [1.29, 1.82) is 0 Å². The lowest BCUT2D eigenvalue weighted by Gasteiger charge is -2.20. The highest BCUT2D eigenvalue weighted by Gasteiger charge is 2.44. The number of aliphatic carboxylic acids is 1. The maximum atomic E-state index is 13.5. The molecule has 1 heterocycles. The summed E-state index contributed by atoms with van der Waals surface area (Å²) in [5.74, 6) is 0.502. The van der Waals surface area contributed by atoms with E-state index in [1.165, 1.54) is 23.9 Å². The zero-order valence-electron chi connectivity index (χ0n) is 18.9. The molecule has 1 unspecified atom stereocenters. The van der Waals surface area contributed by atoms with Gasteiger partial charge in [0.25, 0.3) is 0 Å². The van der Waals surface area contributed by atoms with Crippen molar-refractivity contribution < 1.29 is 23.8 Å². The maximum absolute atomic E-state index is 13.5. The van der Waals surface area contributed by atoms with Crippen LogP contribution in [0.4, 0.5) is 4.39 Å². The lowest BCUT2D eigenvalue weighted by Crippen LogP contribution is -2.37. The topological polar surface area (TPSA) is 68.1 Å². The summed E-state index contributed by atoms with van der Waals surface area (Å²) in [4.78, 5) is 16.8. The number of hydrogen-bond acceptors (Lipinski definition) is 5. The van der Waals surface area contributed by atoms with Crippen LogP contribution in [0.3, 0.4) is 0 Å². The monoisotopic (exact) mass is 489 g/mol. The molecule has 5 rings (SSSR count). The molecule has 0 saturated carbocycles. The zero-order chi connectivity index (χ0) is 24.3. The van der Waals surface area contributed by atoms with E-state index in [2.05, 4.69) is 4.99 Å². The van der Waals surface area contributed by atoms with Gasteiger partial charge in [0, 0.05) is 12.2 Å². The van der Waals surface area contributed by atoms with Crippen LogP contribution in [0.15, 0.2) is 83.4 Å². The average Bonchev–Trinajstić information content (AvgIpc) is 3.46. The Balaban J connectivity index is 1.18. The van der Waals surface area contributed by atoms with E-state index >= 15 is 0 Å². The van der Waals surface area contributed by atoms with Crippen LogP contribution in [0.25, 0.3) is 6.08 Å². The van der Waals surface area contributed by atoms with E-state index in [9.17, 15) is 14.3 Å². The SMILES string of the molecule is O=C(O)C1(CC2=Cc3ccc(F)cc3C2)CSC(COc2ccc(OCc3ccccc3)cc2)=N1. The fourth-order valence-electron chi connectivity index (χ4n) is 4.25. The second-order valence-electron chi connectivity index (χ2n) is 8.66. The molecule has 1 aliphatic carbocycles. The fourth-order valence-corrected chi connectivity index (χ4v) is 5.32. The third-order valence-electron chi connectivity index (χ3n) is 6.05. The maximum Gasteiger partial charge on any atom is 0.332 e. The third-order valence-corrected chi connectivity index (χ3v) is 7.21. The van der Waals surface area contributed by atoms with Gasteiger partial charge in [0.15, 0.2) is 5.54 Å². The molecule has 0 fully saturated rings. The largest absolute Gasteiger partial charge is 0.489 e. The van der Waals surface area contributed by atoms with Gasteiger partial charge in [-0.2, -0.15) is 0 Å². The van der Waals surface area contributed by atoms with Gasteiger partial charge in [-0.1, -0.05) is 48.0 Å². The number of fused-ring (bicyclic) bond motifs is 1. The number of aliphatic imine (C=N–C) groups is 1. The molecule has 2 aliphatic rings. The third kappa shape index (κ3) is 5.41. The number of hydrogen-bond donors (Lipinski definition) is 1. The van der Waals surface area contributed by atoms with Crippen LogP contribution in [0.1, 0.15) is 23.1 Å².